The van der Waals surface area contributed by atoms with Crippen LogP contribution in [-0.4, -0.2) is 28.8 Å². The molecule has 0 radical (unpaired) electrons. The van der Waals surface area contributed by atoms with Gasteiger partial charge in [-0.2, -0.15) is 0 Å². The van der Waals surface area contributed by atoms with Gasteiger partial charge in [0.15, 0.2) is 5.69 Å². The first-order chi connectivity index (χ1) is 9.58. The Bertz CT molecular complexity index is 538. The van der Waals surface area contributed by atoms with Crippen LogP contribution in [0.15, 0.2) is 16.7 Å². The molecule has 0 atom stereocenters. The van der Waals surface area contributed by atoms with Gasteiger partial charge in [-0.1, -0.05) is 0 Å². The van der Waals surface area contributed by atoms with Crippen LogP contribution in [0.1, 0.15) is 45.1 Å². The van der Waals surface area contributed by atoms with Crippen molar-refractivity contribution >= 4 is 33.7 Å². The van der Waals surface area contributed by atoms with E-state index in [1.807, 2.05) is 0 Å². The summed E-state index contributed by atoms with van der Waals surface area (Å²) in [5.41, 5.74) is -0.385. The molecule has 1 aromatic rings. The van der Waals surface area contributed by atoms with E-state index in [-0.39, 0.29) is 17.5 Å². The van der Waals surface area contributed by atoms with Crippen molar-refractivity contribution in [2.75, 3.05) is 5.32 Å². The lowest BCUT2D eigenvalue weighted by atomic mass is 10.2. The van der Waals surface area contributed by atoms with Gasteiger partial charge in [0.25, 0.3) is 0 Å². The molecule has 0 saturated carbocycles. The zero-order valence-corrected chi connectivity index (χ0v) is 14.3. The quantitative estimate of drug-likeness (QED) is 0.832. The van der Waals surface area contributed by atoms with Crippen LogP contribution in [0.4, 0.5) is 10.5 Å². The number of nitrogens with one attached hydrogen (secondary N) is 1. The van der Waals surface area contributed by atoms with Crippen LogP contribution < -0.4 is 5.32 Å². The first kappa shape index (κ1) is 17.4. The summed E-state index contributed by atoms with van der Waals surface area (Å²) in [6, 6.07) is 1.56. The maximum Gasteiger partial charge on any atom is 0.412 e. The third kappa shape index (κ3) is 6.12. The minimum atomic E-state index is -0.666. The van der Waals surface area contributed by atoms with Crippen LogP contribution in [0.3, 0.4) is 0 Å². The van der Waals surface area contributed by atoms with Crippen LogP contribution >= 0.6 is 15.9 Å². The summed E-state index contributed by atoms with van der Waals surface area (Å²) in [5.74, 6) is -0.608. The second-order valence-electron chi connectivity index (χ2n) is 5.63. The third-order valence-corrected chi connectivity index (χ3v) is 2.46. The smallest absolute Gasteiger partial charge is 0.412 e. The highest BCUT2D eigenvalue weighted by atomic mass is 79.9. The number of halogens is 1. The highest BCUT2D eigenvalue weighted by Crippen LogP contribution is 2.21. The summed E-state index contributed by atoms with van der Waals surface area (Å²) < 4.78 is 10.9. The molecule has 1 heterocycles. The molecular formula is C14H19BrN2O4. The molecule has 21 heavy (non-hydrogen) atoms. The molecule has 0 aromatic carbocycles. The molecule has 0 aliphatic rings. The lowest BCUT2D eigenvalue weighted by Crippen LogP contribution is -2.28. The summed E-state index contributed by atoms with van der Waals surface area (Å²) in [6.07, 6.45) is 0.510. The van der Waals surface area contributed by atoms with Crippen LogP contribution in [0.25, 0.3) is 0 Å². The van der Waals surface area contributed by atoms with Crippen LogP contribution in [-0.2, 0) is 9.47 Å². The first-order valence-electron chi connectivity index (χ1n) is 6.45. The topological polar surface area (TPSA) is 77.5 Å². The second-order valence-corrected chi connectivity index (χ2v) is 6.55. The largest absolute Gasteiger partial charge is 0.458 e. The normalized spacial score (nSPS) is 11.2. The third-order valence-electron chi connectivity index (χ3n) is 2.03. The van der Waals surface area contributed by atoms with Gasteiger partial charge < -0.3 is 9.47 Å². The number of carbonyl (C=O) groups excluding carboxylic acids is 2. The van der Waals surface area contributed by atoms with E-state index in [9.17, 15) is 9.59 Å². The van der Waals surface area contributed by atoms with Gasteiger partial charge in [-0.3, -0.25) is 5.32 Å². The Morgan fingerprint density at radius 2 is 1.95 bits per heavy atom. The number of hydrogen-bond donors (Lipinski definition) is 1. The monoisotopic (exact) mass is 358 g/mol. The molecule has 0 saturated heterocycles. The predicted molar refractivity (Wildman–Crippen MR) is 82.3 cm³/mol. The Hall–Kier alpha value is -1.63. The Morgan fingerprint density at radius 1 is 1.33 bits per heavy atom. The molecule has 0 spiro atoms. The number of esters is 1. The molecule has 1 rings (SSSR count). The number of hydrogen-bond acceptors (Lipinski definition) is 5. The Kier molecular flexibility index (Phi) is 5.71. The van der Waals surface area contributed by atoms with Gasteiger partial charge in [0.2, 0.25) is 0 Å². The van der Waals surface area contributed by atoms with Gasteiger partial charge >= 0.3 is 12.1 Å². The zero-order valence-electron chi connectivity index (χ0n) is 12.7. The summed E-state index contributed by atoms with van der Waals surface area (Å²) >= 11 is 3.24. The molecular weight excluding hydrogens is 340 g/mol. The average molecular weight is 359 g/mol. The standard InChI is InChI=1S/C14H19BrN2O4/c1-8(2)20-12(18)11-10(6-9(15)7-16-11)17-13(19)21-14(3,4)5/h6-8H,1-5H3,(H,17,19). The lowest BCUT2D eigenvalue weighted by Gasteiger charge is -2.20. The lowest BCUT2D eigenvalue weighted by molar-refractivity contribution is 0.0372. The summed E-state index contributed by atoms with van der Waals surface area (Å²) in [5, 5.41) is 2.51. The number of pyridine rings is 1. The fraction of sp³-hybridized carbons (Fsp3) is 0.500. The molecule has 1 aromatic heterocycles. The number of rotatable bonds is 3. The molecule has 6 nitrogen and oxygen atoms in total. The van der Waals surface area contributed by atoms with E-state index >= 15 is 0 Å². The number of carbonyl (C=O) groups is 2. The van der Waals surface area contributed by atoms with Crippen molar-refractivity contribution in [2.24, 2.45) is 0 Å². The number of anilines is 1. The Balaban J connectivity index is 2.97. The van der Waals surface area contributed by atoms with E-state index in [1.165, 1.54) is 6.20 Å². The van der Waals surface area contributed by atoms with E-state index in [2.05, 4.69) is 26.2 Å². The van der Waals surface area contributed by atoms with Crippen molar-refractivity contribution < 1.29 is 19.1 Å². The maximum atomic E-state index is 12.0. The molecule has 0 unspecified atom stereocenters. The van der Waals surface area contributed by atoms with Gasteiger partial charge in [0, 0.05) is 10.7 Å². The SMILES string of the molecule is CC(C)OC(=O)c1ncc(Br)cc1NC(=O)OC(C)(C)C. The van der Waals surface area contributed by atoms with Crippen molar-refractivity contribution in [1.82, 2.24) is 4.98 Å². The van der Waals surface area contributed by atoms with Crippen LogP contribution in [0, 0.1) is 0 Å². The Morgan fingerprint density at radius 3 is 2.48 bits per heavy atom. The predicted octanol–water partition coefficient (Wildman–Crippen LogP) is 3.76. The van der Waals surface area contributed by atoms with Gasteiger partial charge in [-0.05, 0) is 56.6 Å². The van der Waals surface area contributed by atoms with Gasteiger partial charge in [-0.25, -0.2) is 14.6 Å². The van der Waals surface area contributed by atoms with Crippen molar-refractivity contribution in [2.45, 2.75) is 46.3 Å². The summed E-state index contributed by atoms with van der Waals surface area (Å²) in [6.45, 7) is 8.72. The van der Waals surface area contributed by atoms with E-state index < -0.39 is 17.7 Å². The highest BCUT2D eigenvalue weighted by molar-refractivity contribution is 9.10. The summed E-state index contributed by atoms with van der Waals surface area (Å²) in [7, 11) is 0. The molecule has 1 N–H and O–H groups in total. The maximum absolute atomic E-state index is 12.0. The van der Waals surface area contributed by atoms with Crippen molar-refractivity contribution in [1.29, 1.82) is 0 Å². The number of ether oxygens (including phenoxy) is 2. The molecule has 1 amide bonds. The van der Waals surface area contributed by atoms with Crippen molar-refractivity contribution in [3.63, 3.8) is 0 Å². The van der Waals surface area contributed by atoms with E-state index in [1.54, 1.807) is 40.7 Å². The van der Waals surface area contributed by atoms with Gasteiger partial charge in [-0.15, -0.1) is 0 Å². The number of nitrogens with zero attached hydrogens (tertiary/aromatic N) is 1. The number of amides is 1. The molecule has 0 aliphatic heterocycles. The number of aromatic nitrogens is 1. The first-order valence-corrected chi connectivity index (χ1v) is 7.24. The van der Waals surface area contributed by atoms with E-state index in [0.29, 0.717) is 4.47 Å². The van der Waals surface area contributed by atoms with Crippen molar-refractivity contribution in [3.8, 4) is 0 Å². The van der Waals surface area contributed by atoms with Crippen LogP contribution in [0.2, 0.25) is 0 Å². The van der Waals surface area contributed by atoms with Gasteiger partial charge in [0.1, 0.15) is 5.60 Å². The van der Waals surface area contributed by atoms with E-state index in [4.69, 9.17) is 9.47 Å². The second kappa shape index (κ2) is 6.89. The summed E-state index contributed by atoms with van der Waals surface area (Å²) in [4.78, 5) is 27.8. The van der Waals surface area contributed by atoms with E-state index in [0.717, 1.165) is 0 Å². The van der Waals surface area contributed by atoms with Gasteiger partial charge in [0.05, 0.1) is 11.8 Å². The fourth-order valence-electron chi connectivity index (χ4n) is 1.38. The fourth-order valence-corrected chi connectivity index (χ4v) is 1.71. The zero-order chi connectivity index (χ0) is 16.2. The minimum absolute atomic E-state index is 0.0257. The minimum Gasteiger partial charge on any atom is -0.458 e. The molecule has 7 heteroatoms. The average Bonchev–Trinajstić information content (AvgIpc) is 2.24. The molecule has 0 aliphatic carbocycles. The molecule has 0 bridgehead atoms. The molecule has 0 fully saturated rings. The van der Waals surface area contributed by atoms with Crippen LogP contribution in [0.5, 0.6) is 0 Å². The van der Waals surface area contributed by atoms with Crippen molar-refractivity contribution in [3.05, 3.63) is 22.4 Å². The molecule has 116 valence electrons. The Labute approximate surface area is 132 Å². The highest BCUT2D eigenvalue weighted by Gasteiger charge is 2.21.